The number of nitrogens with zero attached hydrogens (tertiary/aromatic N) is 3. The van der Waals surface area contributed by atoms with E-state index in [0.717, 1.165) is 5.69 Å². The number of primary amides is 1. The molecule has 0 radical (unpaired) electrons. The van der Waals surface area contributed by atoms with Gasteiger partial charge in [-0.3, -0.25) is 4.79 Å². The number of aromatic nitrogens is 3. The van der Waals surface area contributed by atoms with Crippen molar-refractivity contribution in [1.82, 2.24) is 15.0 Å². The molecule has 1 heterocycles. The minimum atomic E-state index is -0.525. The van der Waals surface area contributed by atoms with Crippen LogP contribution in [0.5, 0.6) is 5.75 Å². The van der Waals surface area contributed by atoms with E-state index in [2.05, 4.69) is 10.2 Å². The number of hydrogen-bond donors (Lipinski definition) is 1. The van der Waals surface area contributed by atoms with Gasteiger partial charge in [-0.2, -0.15) is 9.90 Å². The number of hydrogen-bond acceptors (Lipinski definition) is 4. The summed E-state index contributed by atoms with van der Waals surface area (Å²) >= 11 is 0. The summed E-state index contributed by atoms with van der Waals surface area (Å²) in [5.74, 6) is -0.0900. The van der Waals surface area contributed by atoms with Gasteiger partial charge in [0.15, 0.2) is 0 Å². The van der Waals surface area contributed by atoms with Crippen molar-refractivity contribution in [3.8, 4) is 11.4 Å². The Morgan fingerprint density at radius 2 is 1.82 bits per heavy atom. The Morgan fingerprint density at radius 3 is 2.59 bits per heavy atom. The summed E-state index contributed by atoms with van der Waals surface area (Å²) in [5.41, 5.74) is 7.18. The normalized spacial score (nSPS) is 10.4. The minimum absolute atomic E-state index is 0.205. The summed E-state index contributed by atoms with van der Waals surface area (Å²) in [6.07, 6.45) is 1.62. The van der Waals surface area contributed by atoms with Crippen molar-refractivity contribution in [2.75, 3.05) is 0 Å². The fourth-order valence-corrected chi connectivity index (χ4v) is 1.99. The molecule has 0 unspecified atom stereocenters. The summed E-state index contributed by atoms with van der Waals surface area (Å²) in [6, 6.07) is 16.4. The number of ether oxygens (including phenoxy) is 1. The lowest BCUT2D eigenvalue weighted by Crippen LogP contribution is -2.13. The Balaban J connectivity index is 1.73. The molecular weight excluding hydrogens is 280 g/mol. The second kappa shape index (κ2) is 6.09. The fraction of sp³-hybridized carbons (Fsp3) is 0.0625. The highest BCUT2D eigenvalue weighted by molar-refractivity contribution is 5.95. The largest absolute Gasteiger partial charge is 0.486 e. The number of rotatable bonds is 5. The van der Waals surface area contributed by atoms with Crippen molar-refractivity contribution in [3.05, 3.63) is 72.1 Å². The van der Waals surface area contributed by atoms with Gasteiger partial charge in [-0.05, 0) is 24.3 Å². The zero-order valence-electron chi connectivity index (χ0n) is 11.7. The lowest BCUT2D eigenvalue weighted by Gasteiger charge is -2.07. The first-order chi connectivity index (χ1) is 10.7. The van der Waals surface area contributed by atoms with Gasteiger partial charge in [-0.15, -0.1) is 5.10 Å². The third-order valence-electron chi connectivity index (χ3n) is 3.05. The maximum absolute atomic E-state index is 11.3. The van der Waals surface area contributed by atoms with Gasteiger partial charge in [-0.1, -0.05) is 30.3 Å². The first kappa shape index (κ1) is 13.8. The average Bonchev–Trinajstić information content (AvgIpc) is 3.03. The predicted molar refractivity (Wildman–Crippen MR) is 80.7 cm³/mol. The molecule has 2 N–H and O–H groups in total. The molecule has 0 atom stereocenters. The molecule has 1 aromatic heterocycles. The highest BCUT2D eigenvalue weighted by Crippen LogP contribution is 2.18. The maximum atomic E-state index is 11.3. The molecule has 110 valence electrons. The number of nitrogens with two attached hydrogens (primary N) is 1. The molecule has 3 aromatic rings. The number of para-hydroxylation sites is 2. The quantitative estimate of drug-likeness (QED) is 0.779. The van der Waals surface area contributed by atoms with Crippen LogP contribution in [-0.2, 0) is 6.61 Å². The van der Waals surface area contributed by atoms with E-state index in [4.69, 9.17) is 10.5 Å². The number of carbonyl (C=O) groups excluding carboxylic acids is 1. The smallest absolute Gasteiger partial charge is 0.252 e. The van der Waals surface area contributed by atoms with Crippen LogP contribution in [0.15, 0.2) is 60.8 Å². The van der Waals surface area contributed by atoms with Gasteiger partial charge in [0.1, 0.15) is 18.1 Å². The maximum Gasteiger partial charge on any atom is 0.252 e. The zero-order valence-corrected chi connectivity index (χ0v) is 11.7. The standard InChI is InChI=1S/C16H14N4O2/c17-16(21)14-8-4-5-9-15(14)22-11-12-10-18-20(19-12)13-6-2-1-3-7-13/h1-10H,11H2,(H2,17,21). The zero-order chi connectivity index (χ0) is 15.4. The SMILES string of the molecule is NC(=O)c1ccccc1OCc1cnn(-c2ccccc2)n1. The molecule has 22 heavy (non-hydrogen) atoms. The second-order valence-electron chi connectivity index (χ2n) is 4.61. The van der Waals surface area contributed by atoms with E-state index < -0.39 is 5.91 Å². The molecule has 3 rings (SSSR count). The highest BCUT2D eigenvalue weighted by Gasteiger charge is 2.09. The van der Waals surface area contributed by atoms with E-state index in [-0.39, 0.29) is 6.61 Å². The number of amides is 1. The van der Waals surface area contributed by atoms with Crippen LogP contribution in [0.25, 0.3) is 5.69 Å². The molecule has 0 aliphatic heterocycles. The number of benzene rings is 2. The Hall–Kier alpha value is -3.15. The molecule has 1 amide bonds. The molecule has 0 saturated carbocycles. The molecule has 0 spiro atoms. The topological polar surface area (TPSA) is 83.0 Å². The second-order valence-corrected chi connectivity index (χ2v) is 4.61. The summed E-state index contributed by atoms with van der Waals surface area (Å²) in [5, 5.41) is 8.52. The van der Waals surface area contributed by atoms with Crippen LogP contribution in [0.2, 0.25) is 0 Å². The van der Waals surface area contributed by atoms with Gasteiger partial charge in [0.2, 0.25) is 0 Å². The molecule has 0 bridgehead atoms. The first-order valence-corrected chi connectivity index (χ1v) is 6.72. The van der Waals surface area contributed by atoms with E-state index in [1.807, 2.05) is 30.3 Å². The van der Waals surface area contributed by atoms with Gasteiger partial charge in [0.25, 0.3) is 5.91 Å². The third kappa shape index (κ3) is 2.95. The lowest BCUT2D eigenvalue weighted by atomic mass is 10.2. The van der Waals surface area contributed by atoms with Crippen LogP contribution < -0.4 is 10.5 Å². The van der Waals surface area contributed by atoms with Crippen molar-refractivity contribution in [2.24, 2.45) is 5.73 Å². The van der Waals surface area contributed by atoms with Gasteiger partial charge in [-0.25, -0.2) is 0 Å². The third-order valence-corrected chi connectivity index (χ3v) is 3.05. The molecule has 6 heteroatoms. The van der Waals surface area contributed by atoms with Gasteiger partial charge < -0.3 is 10.5 Å². The van der Waals surface area contributed by atoms with Crippen molar-refractivity contribution >= 4 is 5.91 Å². The van der Waals surface area contributed by atoms with Crippen molar-refractivity contribution in [3.63, 3.8) is 0 Å². The molecule has 6 nitrogen and oxygen atoms in total. The van der Waals surface area contributed by atoms with Crippen LogP contribution in [0.1, 0.15) is 16.1 Å². The molecule has 0 aliphatic carbocycles. The van der Waals surface area contributed by atoms with E-state index in [1.54, 1.807) is 30.5 Å². The summed E-state index contributed by atoms with van der Waals surface area (Å²) in [6.45, 7) is 0.205. The van der Waals surface area contributed by atoms with Gasteiger partial charge in [0, 0.05) is 0 Å². The first-order valence-electron chi connectivity index (χ1n) is 6.72. The fourth-order valence-electron chi connectivity index (χ4n) is 1.99. The Kier molecular flexibility index (Phi) is 3.82. The van der Waals surface area contributed by atoms with Crippen LogP contribution in [0.3, 0.4) is 0 Å². The Labute approximate surface area is 127 Å². The van der Waals surface area contributed by atoms with E-state index in [1.165, 1.54) is 4.80 Å². The van der Waals surface area contributed by atoms with E-state index in [9.17, 15) is 4.79 Å². The summed E-state index contributed by atoms with van der Waals surface area (Å²) < 4.78 is 5.62. The lowest BCUT2D eigenvalue weighted by molar-refractivity contribution is 0.0996. The van der Waals surface area contributed by atoms with Crippen molar-refractivity contribution < 1.29 is 9.53 Å². The van der Waals surface area contributed by atoms with Crippen LogP contribution >= 0.6 is 0 Å². The van der Waals surface area contributed by atoms with Crippen LogP contribution in [0.4, 0.5) is 0 Å². The molecular formula is C16H14N4O2. The molecule has 0 aliphatic rings. The summed E-state index contributed by atoms with van der Waals surface area (Å²) in [4.78, 5) is 12.9. The van der Waals surface area contributed by atoms with Crippen LogP contribution in [-0.4, -0.2) is 20.9 Å². The van der Waals surface area contributed by atoms with Crippen LogP contribution in [0, 0.1) is 0 Å². The highest BCUT2D eigenvalue weighted by atomic mass is 16.5. The van der Waals surface area contributed by atoms with Crippen molar-refractivity contribution in [1.29, 1.82) is 0 Å². The summed E-state index contributed by atoms with van der Waals surface area (Å²) in [7, 11) is 0. The van der Waals surface area contributed by atoms with E-state index >= 15 is 0 Å². The monoisotopic (exact) mass is 294 g/mol. The van der Waals surface area contributed by atoms with Crippen molar-refractivity contribution in [2.45, 2.75) is 6.61 Å². The Bertz CT molecular complexity index is 784. The van der Waals surface area contributed by atoms with E-state index in [0.29, 0.717) is 17.0 Å². The molecule has 0 fully saturated rings. The average molecular weight is 294 g/mol. The molecule has 0 saturated heterocycles. The minimum Gasteiger partial charge on any atom is -0.486 e. The predicted octanol–water partition coefficient (Wildman–Crippen LogP) is 1.95. The molecule has 2 aromatic carbocycles. The Morgan fingerprint density at radius 1 is 1.09 bits per heavy atom. The van der Waals surface area contributed by atoms with Gasteiger partial charge >= 0.3 is 0 Å². The number of carbonyl (C=O) groups is 1. The van der Waals surface area contributed by atoms with Gasteiger partial charge in [0.05, 0.1) is 17.4 Å².